The molecule has 25 heavy (non-hydrogen) atoms. The molecule has 0 atom stereocenters. The predicted molar refractivity (Wildman–Crippen MR) is 94.4 cm³/mol. The summed E-state index contributed by atoms with van der Waals surface area (Å²) < 4.78 is 33.0. The highest BCUT2D eigenvalue weighted by atomic mass is 32.2. The van der Waals surface area contributed by atoms with Crippen LogP contribution in [0, 0.1) is 20.8 Å². The molecule has 0 fully saturated rings. The number of benzene rings is 2. The molecular formula is C18H19N3O3S. The summed E-state index contributed by atoms with van der Waals surface area (Å²) in [6, 6.07) is 13.0. The van der Waals surface area contributed by atoms with E-state index in [9.17, 15) is 8.42 Å². The van der Waals surface area contributed by atoms with Crippen LogP contribution in [0.5, 0.6) is 0 Å². The highest BCUT2D eigenvalue weighted by Crippen LogP contribution is 2.19. The molecule has 1 N–H and O–H groups in total. The van der Waals surface area contributed by atoms with Gasteiger partial charge in [-0.05, 0) is 50.1 Å². The summed E-state index contributed by atoms with van der Waals surface area (Å²) in [5.41, 5.74) is 3.49. The van der Waals surface area contributed by atoms with E-state index in [0.29, 0.717) is 11.5 Å². The average Bonchev–Trinajstić information content (AvgIpc) is 3.05. The third-order valence-corrected chi connectivity index (χ3v) is 5.36. The fraction of sp³-hybridized carbons (Fsp3) is 0.222. The van der Waals surface area contributed by atoms with Crippen LogP contribution in [0.25, 0.3) is 11.5 Å². The molecule has 0 aliphatic heterocycles. The van der Waals surface area contributed by atoms with Gasteiger partial charge in [0.1, 0.15) is 0 Å². The predicted octanol–water partition coefficient (Wildman–Crippen LogP) is 3.14. The fourth-order valence-electron chi connectivity index (χ4n) is 2.37. The summed E-state index contributed by atoms with van der Waals surface area (Å²) in [5, 5.41) is 7.88. The van der Waals surface area contributed by atoms with Crippen molar-refractivity contribution in [2.45, 2.75) is 32.2 Å². The molecule has 130 valence electrons. The van der Waals surface area contributed by atoms with Crippen LogP contribution < -0.4 is 4.72 Å². The minimum atomic E-state index is -3.65. The topological polar surface area (TPSA) is 85.1 Å². The Morgan fingerprint density at radius 1 is 0.960 bits per heavy atom. The molecule has 6 nitrogen and oxygen atoms in total. The quantitative estimate of drug-likeness (QED) is 0.758. The van der Waals surface area contributed by atoms with Crippen LogP contribution in [-0.2, 0) is 16.6 Å². The van der Waals surface area contributed by atoms with Gasteiger partial charge in [-0.3, -0.25) is 0 Å². The third-order valence-electron chi connectivity index (χ3n) is 3.81. The van der Waals surface area contributed by atoms with Crippen LogP contribution in [0.15, 0.2) is 51.8 Å². The number of nitrogens with one attached hydrogen (secondary N) is 1. The van der Waals surface area contributed by atoms with Crippen molar-refractivity contribution in [1.29, 1.82) is 0 Å². The molecule has 7 heteroatoms. The largest absolute Gasteiger partial charge is 0.419 e. The van der Waals surface area contributed by atoms with Gasteiger partial charge in [0, 0.05) is 5.56 Å². The molecule has 0 saturated heterocycles. The summed E-state index contributed by atoms with van der Waals surface area (Å²) in [4.78, 5) is 0.255. The highest BCUT2D eigenvalue weighted by molar-refractivity contribution is 7.89. The molecule has 3 rings (SSSR count). The van der Waals surface area contributed by atoms with Gasteiger partial charge in [0.2, 0.25) is 21.8 Å². The average molecular weight is 357 g/mol. The number of rotatable bonds is 5. The minimum Gasteiger partial charge on any atom is -0.419 e. The summed E-state index contributed by atoms with van der Waals surface area (Å²) in [6.07, 6.45) is 0. The zero-order valence-corrected chi connectivity index (χ0v) is 15.1. The minimum absolute atomic E-state index is 0.0609. The molecule has 3 aromatic rings. The van der Waals surface area contributed by atoms with Crippen molar-refractivity contribution in [2.75, 3.05) is 0 Å². The summed E-state index contributed by atoms with van der Waals surface area (Å²) >= 11 is 0. The Morgan fingerprint density at radius 2 is 1.64 bits per heavy atom. The normalized spacial score (nSPS) is 11.6. The maximum absolute atomic E-state index is 12.5. The third kappa shape index (κ3) is 3.94. The molecule has 1 aromatic heterocycles. The van der Waals surface area contributed by atoms with Crippen molar-refractivity contribution in [3.05, 3.63) is 65.0 Å². The second-order valence-electron chi connectivity index (χ2n) is 5.96. The van der Waals surface area contributed by atoms with Gasteiger partial charge in [-0.1, -0.05) is 29.8 Å². The summed E-state index contributed by atoms with van der Waals surface area (Å²) in [7, 11) is -3.65. The Labute approximate surface area is 147 Å². The van der Waals surface area contributed by atoms with Gasteiger partial charge >= 0.3 is 0 Å². The maximum atomic E-state index is 12.5. The second-order valence-corrected chi connectivity index (χ2v) is 7.70. The van der Waals surface area contributed by atoms with E-state index in [0.717, 1.165) is 16.7 Å². The lowest BCUT2D eigenvalue weighted by atomic mass is 10.1. The summed E-state index contributed by atoms with van der Waals surface area (Å²) in [5.74, 6) is 0.574. The van der Waals surface area contributed by atoms with E-state index in [2.05, 4.69) is 14.9 Å². The molecule has 0 saturated carbocycles. The first kappa shape index (κ1) is 17.3. The number of sulfonamides is 1. The highest BCUT2D eigenvalue weighted by Gasteiger charge is 2.18. The van der Waals surface area contributed by atoms with Crippen molar-refractivity contribution in [2.24, 2.45) is 0 Å². The van der Waals surface area contributed by atoms with E-state index < -0.39 is 10.0 Å². The van der Waals surface area contributed by atoms with Crippen molar-refractivity contribution in [3.8, 4) is 11.5 Å². The number of hydrogen-bond acceptors (Lipinski definition) is 5. The van der Waals surface area contributed by atoms with Gasteiger partial charge in [0.05, 0.1) is 11.4 Å². The van der Waals surface area contributed by atoms with E-state index in [1.165, 1.54) is 0 Å². The van der Waals surface area contributed by atoms with Crippen LogP contribution in [0.3, 0.4) is 0 Å². The van der Waals surface area contributed by atoms with Crippen LogP contribution >= 0.6 is 0 Å². The first-order valence-electron chi connectivity index (χ1n) is 7.81. The van der Waals surface area contributed by atoms with E-state index >= 15 is 0 Å². The van der Waals surface area contributed by atoms with Gasteiger partial charge in [-0.15, -0.1) is 10.2 Å². The Hall–Kier alpha value is -2.51. The zero-order valence-electron chi connectivity index (χ0n) is 14.3. The van der Waals surface area contributed by atoms with Crippen molar-refractivity contribution >= 4 is 10.0 Å². The van der Waals surface area contributed by atoms with Gasteiger partial charge in [0.25, 0.3) is 0 Å². The lowest BCUT2D eigenvalue weighted by Gasteiger charge is -2.08. The van der Waals surface area contributed by atoms with Crippen LogP contribution in [0.4, 0.5) is 0 Å². The molecular weight excluding hydrogens is 338 g/mol. The smallest absolute Gasteiger partial charge is 0.247 e. The number of nitrogens with zero attached hydrogens (tertiary/aromatic N) is 2. The number of aryl methyl sites for hydroxylation is 3. The van der Waals surface area contributed by atoms with E-state index in [1.54, 1.807) is 19.1 Å². The standard InChI is InChI=1S/C18H19N3O3S/c1-12-5-8-15(9-6-12)18-21-20-17(24-18)11-19-25(22,23)16-10-13(2)4-7-14(16)3/h4-10,19H,11H2,1-3H3. The van der Waals surface area contributed by atoms with Gasteiger partial charge < -0.3 is 4.42 Å². The van der Waals surface area contributed by atoms with E-state index in [-0.39, 0.29) is 17.3 Å². The second kappa shape index (κ2) is 6.78. The van der Waals surface area contributed by atoms with Crippen LogP contribution in [0.1, 0.15) is 22.6 Å². The van der Waals surface area contributed by atoms with E-state index in [4.69, 9.17) is 4.42 Å². The van der Waals surface area contributed by atoms with Crippen LogP contribution in [-0.4, -0.2) is 18.6 Å². The maximum Gasteiger partial charge on any atom is 0.247 e. The molecule has 0 radical (unpaired) electrons. The molecule has 0 aliphatic rings. The molecule has 0 spiro atoms. The first-order valence-corrected chi connectivity index (χ1v) is 9.30. The molecule has 0 aliphatic carbocycles. The zero-order chi connectivity index (χ0) is 18.0. The van der Waals surface area contributed by atoms with Crippen molar-refractivity contribution < 1.29 is 12.8 Å². The SMILES string of the molecule is Cc1ccc(-c2nnc(CNS(=O)(=O)c3cc(C)ccc3C)o2)cc1. The van der Waals surface area contributed by atoms with Gasteiger partial charge in [0.15, 0.2) is 0 Å². The molecule has 0 bridgehead atoms. The molecule has 1 heterocycles. The van der Waals surface area contributed by atoms with Gasteiger partial charge in [-0.25, -0.2) is 13.1 Å². The molecule has 0 unspecified atom stereocenters. The Bertz CT molecular complexity index is 993. The Morgan fingerprint density at radius 3 is 2.36 bits per heavy atom. The van der Waals surface area contributed by atoms with Gasteiger partial charge in [-0.2, -0.15) is 0 Å². The van der Waals surface area contributed by atoms with Crippen molar-refractivity contribution in [1.82, 2.24) is 14.9 Å². The lowest BCUT2D eigenvalue weighted by Crippen LogP contribution is -2.24. The van der Waals surface area contributed by atoms with Crippen LogP contribution in [0.2, 0.25) is 0 Å². The number of hydrogen-bond donors (Lipinski definition) is 1. The Kier molecular flexibility index (Phi) is 4.69. The molecule has 2 aromatic carbocycles. The number of aromatic nitrogens is 2. The molecule has 0 amide bonds. The van der Waals surface area contributed by atoms with Crippen molar-refractivity contribution in [3.63, 3.8) is 0 Å². The fourth-order valence-corrected chi connectivity index (χ4v) is 3.67. The lowest BCUT2D eigenvalue weighted by molar-refractivity contribution is 0.494. The first-order chi connectivity index (χ1) is 11.8. The Balaban J connectivity index is 1.75. The monoisotopic (exact) mass is 357 g/mol. The van der Waals surface area contributed by atoms with E-state index in [1.807, 2.05) is 44.2 Å². The summed E-state index contributed by atoms with van der Waals surface area (Å²) in [6.45, 7) is 5.54.